The molecule has 0 aliphatic carbocycles. The van der Waals surface area contributed by atoms with Gasteiger partial charge in [0.15, 0.2) is 0 Å². The van der Waals surface area contributed by atoms with Crippen LogP contribution >= 0.6 is 0 Å². The smallest absolute Gasteiger partial charge is 0.0325 e. The van der Waals surface area contributed by atoms with Crippen LogP contribution in [0.4, 0.5) is 0 Å². The molecule has 2 rings (SSSR count). The first-order chi connectivity index (χ1) is 6.27. The van der Waals surface area contributed by atoms with E-state index in [4.69, 9.17) is 0 Å². The van der Waals surface area contributed by atoms with Gasteiger partial charge < -0.3 is 5.32 Å². The molecule has 1 fully saturated rings. The lowest BCUT2D eigenvalue weighted by Gasteiger charge is -2.13. The first kappa shape index (κ1) is 8.76. The molecule has 0 bridgehead atoms. The zero-order valence-electron chi connectivity index (χ0n) is 8.38. The van der Waals surface area contributed by atoms with E-state index in [1.54, 1.807) is 0 Å². The van der Waals surface area contributed by atoms with Crippen molar-refractivity contribution >= 4 is 0 Å². The summed E-state index contributed by atoms with van der Waals surface area (Å²) in [7, 11) is 0. The van der Waals surface area contributed by atoms with Gasteiger partial charge >= 0.3 is 0 Å². The highest BCUT2D eigenvalue weighted by atomic mass is 14.9. The molecule has 0 amide bonds. The van der Waals surface area contributed by atoms with E-state index in [0.717, 1.165) is 5.92 Å². The third-order valence-corrected chi connectivity index (χ3v) is 2.91. The second kappa shape index (κ2) is 3.51. The van der Waals surface area contributed by atoms with Crippen molar-refractivity contribution in [1.82, 2.24) is 5.32 Å². The Morgan fingerprint density at radius 1 is 1.31 bits per heavy atom. The molecule has 0 aromatic heterocycles. The number of nitrogens with one attached hydrogen (secondary N) is 1. The zero-order valence-corrected chi connectivity index (χ0v) is 8.38. The molecular weight excluding hydrogens is 158 g/mol. The maximum absolute atomic E-state index is 3.56. The minimum Gasteiger partial charge on any atom is -0.310 e. The van der Waals surface area contributed by atoms with Crippen molar-refractivity contribution < 1.29 is 0 Å². The minimum absolute atomic E-state index is 0.594. The Labute approximate surface area is 80.2 Å². The maximum atomic E-state index is 3.56. The van der Waals surface area contributed by atoms with Crippen molar-refractivity contribution in [2.75, 3.05) is 6.54 Å². The number of hydrogen-bond acceptors (Lipinski definition) is 1. The summed E-state index contributed by atoms with van der Waals surface area (Å²) in [6, 6.07) is 9.27. The molecule has 2 unspecified atom stereocenters. The van der Waals surface area contributed by atoms with Crippen LogP contribution in [0.1, 0.15) is 30.5 Å². The molecule has 1 heteroatoms. The quantitative estimate of drug-likeness (QED) is 0.692. The van der Waals surface area contributed by atoms with E-state index in [-0.39, 0.29) is 0 Å². The summed E-state index contributed by atoms with van der Waals surface area (Å²) in [6.45, 7) is 5.67. The van der Waals surface area contributed by atoms with Crippen LogP contribution in [0.15, 0.2) is 24.3 Å². The van der Waals surface area contributed by atoms with Crippen molar-refractivity contribution in [3.8, 4) is 0 Å². The van der Waals surface area contributed by atoms with Crippen LogP contribution in [-0.2, 0) is 0 Å². The largest absolute Gasteiger partial charge is 0.310 e. The van der Waals surface area contributed by atoms with Gasteiger partial charge in [-0.2, -0.15) is 0 Å². The van der Waals surface area contributed by atoms with Gasteiger partial charge in [-0.1, -0.05) is 31.2 Å². The van der Waals surface area contributed by atoms with Gasteiger partial charge in [-0.05, 0) is 36.9 Å². The van der Waals surface area contributed by atoms with E-state index in [1.807, 2.05) is 0 Å². The SMILES string of the molecule is Cc1ccccc1C1CC(C)CN1. The highest BCUT2D eigenvalue weighted by Gasteiger charge is 2.22. The molecule has 0 radical (unpaired) electrons. The average molecular weight is 175 g/mol. The van der Waals surface area contributed by atoms with E-state index in [0.29, 0.717) is 6.04 Å². The molecule has 1 saturated heterocycles. The summed E-state index contributed by atoms with van der Waals surface area (Å²) in [4.78, 5) is 0. The molecule has 1 aromatic rings. The van der Waals surface area contributed by atoms with Gasteiger partial charge in [0.25, 0.3) is 0 Å². The predicted molar refractivity (Wildman–Crippen MR) is 55.7 cm³/mol. The minimum atomic E-state index is 0.594. The summed E-state index contributed by atoms with van der Waals surface area (Å²) in [5.41, 5.74) is 2.89. The van der Waals surface area contributed by atoms with Crippen molar-refractivity contribution in [2.45, 2.75) is 26.3 Å². The molecule has 1 aromatic carbocycles. The standard InChI is InChI=1S/C12H17N/c1-9-7-12(13-8-9)11-6-4-3-5-10(11)2/h3-6,9,12-13H,7-8H2,1-2H3. The average Bonchev–Trinajstić information content (AvgIpc) is 2.53. The monoisotopic (exact) mass is 175 g/mol. The summed E-state index contributed by atoms with van der Waals surface area (Å²) in [5.74, 6) is 0.824. The van der Waals surface area contributed by atoms with Crippen LogP contribution in [0.2, 0.25) is 0 Å². The lowest BCUT2D eigenvalue weighted by atomic mass is 9.98. The first-order valence-corrected chi connectivity index (χ1v) is 5.06. The lowest BCUT2D eigenvalue weighted by molar-refractivity contribution is 0.609. The number of aryl methyl sites for hydroxylation is 1. The second-order valence-electron chi connectivity index (χ2n) is 4.16. The van der Waals surface area contributed by atoms with Gasteiger partial charge in [0.05, 0.1) is 0 Å². The van der Waals surface area contributed by atoms with Crippen LogP contribution in [-0.4, -0.2) is 6.54 Å². The molecule has 1 nitrogen and oxygen atoms in total. The molecule has 0 saturated carbocycles. The topological polar surface area (TPSA) is 12.0 Å². The van der Waals surface area contributed by atoms with Crippen LogP contribution in [0, 0.1) is 12.8 Å². The van der Waals surface area contributed by atoms with E-state index >= 15 is 0 Å². The van der Waals surface area contributed by atoms with Crippen molar-refractivity contribution in [3.05, 3.63) is 35.4 Å². The Bertz CT molecular complexity index is 293. The normalized spacial score (nSPS) is 27.8. The van der Waals surface area contributed by atoms with Gasteiger partial charge in [0.2, 0.25) is 0 Å². The Morgan fingerprint density at radius 2 is 2.08 bits per heavy atom. The van der Waals surface area contributed by atoms with E-state index in [1.165, 1.54) is 24.1 Å². The summed E-state index contributed by atoms with van der Waals surface area (Å²) in [6.07, 6.45) is 1.28. The predicted octanol–water partition coefficient (Wildman–Crippen LogP) is 2.67. The number of benzene rings is 1. The van der Waals surface area contributed by atoms with Gasteiger partial charge in [-0.3, -0.25) is 0 Å². The van der Waals surface area contributed by atoms with E-state index in [2.05, 4.69) is 43.4 Å². The molecule has 1 aliphatic rings. The number of rotatable bonds is 1. The van der Waals surface area contributed by atoms with Gasteiger partial charge in [-0.25, -0.2) is 0 Å². The Kier molecular flexibility index (Phi) is 2.36. The summed E-state index contributed by atoms with van der Waals surface area (Å²) < 4.78 is 0. The highest BCUT2D eigenvalue weighted by molar-refractivity contribution is 5.29. The van der Waals surface area contributed by atoms with Crippen LogP contribution in [0.3, 0.4) is 0 Å². The fraction of sp³-hybridized carbons (Fsp3) is 0.500. The Morgan fingerprint density at radius 3 is 2.69 bits per heavy atom. The molecule has 0 spiro atoms. The van der Waals surface area contributed by atoms with Crippen molar-refractivity contribution in [2.24, 2.45) is 5.92 Å². The molecular formula is C12H17N. The van der Waals surface area contributed by atoms with Crippen molar-refractivity contribution in [1.29, 1.82) is 0 Å². The molecule has 1 heterocycles. The van der Waals surface area contributed by atoms with Crippen LogP contribution < -0.4 is 5.32 Å². The molecule has 2 atom stereocenters. The van der Waals surface area contributed by atoms with Crippen LogP contribution in [0.5, 0.6) is 0 Å². The van der Waals surface area contributed by atoms with Gasteiger partial charge in [-0.15, -0.1) is 0 Å². The third-order valence-electron chi connectivity index (χ3n) is 2.91. The first-order valence-electron chi connectivity index (χ1n) is 5.06. The molecule has 1 N–H and O–H groups in total. The number of hydrogen-bond donors (Lipinski definition) is 1. The third kappa shape index (κ3) is 1.75. The van der Waals surface area contributed by atoms with Gasteiger partial charge in [0.1, 0.15) is 0 Å². The highest BCUT2D eigenvalue weighted by Crippen LogP contribution is 2.28. The molecule has 1 aliphatic heterocycles. The van der Waals surface area contributed by atoms with Crippen molar-refractivity contribution in [3.63, 3.8) is 0 Å². The maximum Gasteiger partial charge on any atom is 0.0325 e. The molecule has 13 heavy (non-hydrogen) atoms. The fourth-order valence-electron chi connectivity index (χ4n) is 2.13. The Hall–Kier alpha value is -0.820. The summed E-state index contributed by atoms with van der Waals surface area (Å²) in [5, 5.41) is 3.56. The van der Waals surface area contributed by atoms with E-state index in [9.17, 15) is 0 Å². The van der Waals surface area contributed by atoms with E-state index < -0.39 is 0 Å². The zero-order chi connectivity index (χ0) is 9.26. The van der Waals surface area contributed by atoms with Crippen LogP contribution in [0.25, 0.3) is 0 Å². The fourth-order valence-corrected chi connectivity index (χ4v) is 2.13. The lowest BCUT2D eigenvalue weighted by Crippen LogP contribution is -2.14. The molecule has 70 valence electrons. The van der Waals surface area contributed by atoms with Gasteiger partial charge in [0, 0.05) is 6.04 Å². The Balaban J connectivity index is 2.21. The second-order valence-corrected chi connectivity index (χ2v) is 4.16. The summed E-state index contributed by atoms with van der Waals surface area (Å²) >= 11 is 0.